The second-order valence-corrected chi connectivity index (χ2v) is 9.82. The molecule has 0 saturated carbocycles. The molecule has 0 unspecified atom stereocenters. The van der Waals surface area contributed by atoms with Crippen molar-refractivity contribution in [3.8, 4) is 0 Å². The van der Waals surface area contributed by atoms with Crippen molar-refractivity contribution in [2.75, 3.05) is 0 Å². The van der Waals surface area contributed by atoms with Crippen molar-refractivity contribution >= 4 is 56.6 Å². The molecule has 0 aromatic heterocycles. The van der Waals surface area contributed by atoms with Gasteiger partial charge in [-0.25, -0.2) is 43.9 Å². The van der Waals surface area contributed by atoms with Crippen LogP contribution in [0.5, 0.6) is 0 Å². The molecule has 0 atom stereocenters. The van der Waals surface area contributed by atoms with Crippen molar-refractivity contribution < 1.29 is 43.9 Å². The maximum absolute atomic E-state index is 14.0. The molecule has 0 aliphatic carbocycles. The Morgan fingerprint density at radius 3 is 0.932 bits per heavy atom. The Bertz CT molecular complexity index is 2010. The highest BCUT2D eigenvalue weighted by Gasteiger charge is 2.25. The molecule has 0 fully saturated rings. The minimum atomic E-state index is -2.24. The van der Waals surface area contributed by atoms with Crippen molar-refractivity contribution in [2.45, 2.75) is 0 Å². The molecule has 0 aliphatic heterocycles. The summed E-state index contributed by atoms with van der Waals surface area (Å²) in [5.74, 6) is -20.4. The summed E-state index contributed by atoms with van der Waals surface area (Å²) < 4.78 is 137. The summed E-state index contributed by atoms with van der Waals surface area (Å²) >= 11 is 0. The lowest BCUT2D eigenvalue weighted by atomic mass is 9.95. The molecule has 6 rings (SSSR count). The molecule has 0 aliphatic rings. The third kappa shape index (κ3) is 4.67. The van der Waals surface area contributed by atoms with E-state index in [1.54, 1.807) is 48.5 Å². The molecule has 44 heavy (non-hydrogen) atoms. The third-order valence-corrected chi connectivity index (χ3v) is 7.25. The van der Waals surface area contributed by atoms with Crippen molar-refractivity contribution in [3.63, 3.8) is 0 Å². The van der Waals surface area contributed by atoms with Crippen LogP contribution in [-0.4, -0.2) is 0 Å². The standard InChI is InChI=1S/C34H14F10/c35-25-23(26(36)30(40)33(43)29(25)39)9-3-15-1-7-19-17(13-15)5-12-22-20-8-2-16(14-18(20)6-11-21(19)22)4-10-24-27(37)31(41)34(44)32(42)28(24)38/h1-14H. The largest absolute Gasteiger partial charge is 0.203 e. The second-order valence-electron chi connectivity index (χ2n) is 9.82. The summed E-state index contributed by atoms with van der Waals surface area (Å²) in [7, 11) is 0. The highest BCUT2D eigenvalue weighted by atomic mass is 19.2. The molecule has 0 N–H and O–H groups in total. The third-order valence-electron chi connectivity index (χ3n) is 7.25. The monoisotopic (exact) mass is 612 g/mol. The fourth-order valence-electron chi connectivity index (χ4n) is 5.03. The van der Waals surface area contributed by atoms with Gasteiger partial charge in [0.15, 0.2) is 46.5 Å². The van der Waals surface area contributed by atoms with Gasteiger partial charge >= 0.3 is 0 Å². The van der Waals surface area contributed by atoms with Crippen LogP contribution in [0.2, 0.25) is 0 Å². The lowest BCUT2D eigenvalue weighted by molar-refractivity contribution is 0.377. The first-order valence-electron chi connectivity index (χ1n) is 12.8. The first kappa shape index (κ1) is 29.0. The summed E-state index contributed by atoms with van der Waals surface area (Å²) in [6.07, 6.45) is 4.07. The number of hydrogen-bond donors (Lipinski definition) is 0. The molecule has 6 aromatic carbocycles. The van der Waals surface area contributed by atoms with Gasteiger partial charge in [0.05, 0.1) is 11.1 Å². The van der Waals surface area contributed by atoms with Crippen molar-refractivity contribution in [1.29, 1.82) is 0 Å². The predicted octanol–water partition coefficient (Wildman–Crippen LogP) is 10.9. The van der Waals surface area contributed by atoms with E-state index in [1.165, 1.54) is 12.2 Å². The summed E-state index contributed by atoms with van der Waals surface area (Å²) in [4.78, 5) is 0. The van der Waals surface area contributed by atoms with E-state index in [2.05, 4.69) is 0 Å². The minimum absolute atomic E-state index is 0.437. The molecule has 0 bridgehead atoms. The maximum atomic E-state index is 14.0. The van der Waals surface area contributed by atoms with Gasteiger partial charge in [0.25, 0.3) is 0 Å². The van der Waals surface area contributed by atoms with Gasteiger partial charge in [0, 0.05) is 0 Å². The van der Waals surface area contributed by atoms with Crippen LogP contribution in [0.25, 0.3) is 56.6 Å². The van der Waals surface area contributed by atoms with Gasteiger partial charge in [-0.1, -0.05) is 60.7 Å². The van der Waals surface area contributed by atoms with Crippen LogP contribution in [0, 0.1) is 58.2 Å². The van der Waals surface area contributed by atoms with E-state index in [4.69, 9.17) is 0 Å². The number of benzene rings is 6. The highest BCUT2D eigenvalue weighted by molar-refractivity contribution is 6.17. The Hall–Kier alpha value is -5.12. The molecule has 0 amide bonds. The van der Waals surface area contributed by atoms with Crippen LogP contribution in [0.15, 0.2) is 60.7 Å². The molecule has 0 saturated heterocycles. The molecule has 220 valence electrons. The second kappa shape index (κ2) is 10.9. The minimum Gasteiger partial charge on any atom is -0.203 e. The predicted molar refractivity (Wildman–Crippen MR) is 149 cm³/mol. The van der Waals surface area contributed by atoms with Gasteiger partial charge in [0.1, 0.15) is 0 Å². The topological polar surface area (TPSA) is 0 Å². The Labute approximate surface area is 241 Å². The zero-order chi connectivity index (χ0) is 31.4. The zero-order valence-electron chi connectivity index (χ0n) is 21.9. The Balaban J connectivity index is 1.35. The van der Waals surface area contributed by atoms with Crippen LogP contribution in [0.3, 0.4) is 0 Å². The number of halogens is 10. The van der Waals surface area contributed by atoms with Gasteiger partial charge < -0.3 is 0 Å². The Morgan fingerprint density at radius 2 is 0.591 bits per heavy atom. The SMILES string of the molecule is Fc1c(F)c(F)c(C=Cc2ccc3c(ccc4c5ccc(C=Cc6c(F)c(F)c(F)c(F)c6F)cc5ccc34)c2)c(F)c1F. The summed E-state index contributed by atoms with van der Waals surface area (Å²) in [5, 5.41) is 4.70. The van der Waals surface area contributed by atoms with Gasteiger partial charge in [-0.05, 0) is 67.7 Å². The Morgan fingerprint density at radius 1 is 0.295 bits per heavy atom. The normalized spacial score (nSPS) is 12.1. The highest BCUT2D eigenvalue weighted by Crippen LogP contribution is 2.33. The maximum Gasteiger partial charge on any atom is 0.200 e. The van der Waals surface area contributed by atoms with Crippen LogP contribution in [-0.2, 0) is 0 Å². The summed E-state index contributed by atoms with van der Waals surface area (Å²) in [6.45, 7) is 0. The molecule has 0 nitrogen and oxygen atoms in total. The van der Waals surface area contributed by atoms with Gasteiger partial charge in [0.2, 0.25) is 11.6 Å². The lowest BCUT2D eigenvalue weighted by Crippen LogP contribution is -2.03. The summed E-state index contributed by atoms with van der Waals surface area (Å²) in [6, 6.07) is 17.3. The van der Waals surface area contributed by atoms with Crippen molar-refractivity contribution in [1.82, 2.24) is 0 Å². The van der Waals surface area contributed by atoms with E-state index in [0.29, 0.717) is 11.1 Å². The van der Waals surface area contributed by atoms with Crippen LogP contribution < -0.4 is 0 Å². The zero-order valence-corrected chi connectivity index (χ0v) is 21.9. The summed E-state index contributed by atoms with van der Waals surface area (Å²) in [5.41, 5.74) is -1.25. The smallest absolute Gasteiger partial charge is 0.200 e. The van der Waals surface area contributed by atoms with E-state index >= 15 is 0 Å². The molecule has 0 radical (unpaired) electrons. The lowest BCUT2D eigenvalue weighted by Gasteiger charge is -2.09. The molecule has 6 aromatic rings. The average molecular weight is 612 g/mol. The van der Waals surface area contributed by atoms with Gasteiger partial charge in [-0.3, -0.25) is 0 Å². The first-order valence-corrected chi connectivity index (χ1v) is 12.8. The van der Waals surface area contributed by atoms with Gasteiger partial charge in [-0.2, -0.15) is 0 Å². The molecule has 10 heteroatoms. The fourth-order valence-corrected chi connectivity index (χ4v) is 5.03. The quantitative estimate of drug-likeness (QED) is 0.0611. The van der Waals surface area contributed by atoms with Crippen molar-refractivity contribution in [2.24, 2.45) is 0 Å². The average Bonchev–Trinajstić information content (AvgIpc) is 3.03. The Kier molecular flexibility index (Phi) is 7.15. The molecule has 0 spiro atoms. The van der Waals surface area contributed by atoms with E-state index in [9.17, 15) is 43.9 Å². The first-order chi connectivity index (χ1) is 21.0. The van der Waals surface area contributed by atoms with E-state index < -0.39 is 69.3 Å². The van der Waals surface area contributed by atoms with E-state index in [-0.39, 0.29) is 0 Å². The number of hydrogen-bond acceptors (Lipinski definition) is 0. The van der Waals surface area contributed by atoms with Crippen LogP contribution in [0.1, 0.15) is 22.3 Å². The molecule has 0 heterocycles. The van der Waals surface area contributed by atoms with E-state index in [0.717, 1.165) is 44.5 Å². The molecular formula is C34H14F10. The van der Waals surface area contributed by atoms with Crippen LogP contribution in [0.4, 0.5) is 43.9 Å². The van der Waals surface area contributed by atoms with Crippen molar-refractivity contribution in [3.05, 3.63) is 141 Å². The van der Waals surface area contributed by atoms with Crippen LogP contribution >= 0.6 is 0 Å². The molecular weight excluding hydrogens is 598 g/mol. The number of fused-ring (bicyclic) bond motifs is 5. The van der Waals surface area contributed by atoms with E-state index in [1.807, 2.05) is 12.1 Å². The van der Waals surface area contributed by atoms with Gasteiger partial charge in [-0.15, -0.1) is 0 Å². The number of rotatable bonds is 4. The fraction of sp³-hybridized carbons (Fsp3) is 0.